The van der Waals surface area contributed by atoms with Gasteiger partial charge in [-0.3, -0.25) is 14.7 Å². The van der Waals surface area contributed by atoms with Gasteiger partial charge in [-0.2, -0.15) is 0 Å². The van der Waals surface area contributed by atoms with Crippen LogP contribution in [0, 0.1) is 6.92 Å². The molecule has 0 saturated carbocycles. The molecule has 0 bridgehead atoms. The number of nitrogens with zero attached hydrogens (tertiary/aromatic N) is 3. The summed E-state index contributed by atoms with van der Waals surface area (Å²) in [7, 11) is -3.33. The van der Waals surface area contributed by atoms with Gasteiger partial charge in [-0.25, -0.2) is 13.4 Å². The molecule has 4 rings (SSSR count). The number of rotatable bonds is 5. The number of amides is 1. The maximum absolute atomic E-state index is 13.4. The molecule has 0 aliphatic heterocycles. The van der Waals surface area contributed by atoms with Gasteiger partial charge in [0, 0.05) is 18.0 Å². The molecule has 2 aromatic carbocycles. The van der Waals surface area contributed by atoms with E-state index < -0.39 is 9.84 Å². The Morgan fingerprint density at radius 3 is 2.50 bits per heavy atom. The third-order valence-electron chi connectivity index (χ3n) is 4.58. The fourth-order valence-electron chi connectivity index (χ4n) is 3.02. The van der Waals surface area contributed by atoms with Crippen LogP contribution in [0.4, 0.5) is 5.13 Å². The van der Waals surface area contributed by atoms with E-state index >= 15 is 0 Å². The number of carbonyl (C=O) groups is 1. The standard InChI is InChI=1S/C22H19N3O3S2/c1-15-6-11-19-20(13-15)29-22(24-19)25(14-17-5-3-4-12-23-17)21(26)16-7-9-18(10-8-16)30(2,27)28/h3-13H,14H2,1-2H3. The molecule has 0 atom stereocenters. The Morgan fingerprint density at radius 2 is 1.83 bits per heavy atom. The molecule has 2 aromatic heterocycles. The monoisotopic (exact) mass is 437 g/mol. The Balaban J connectivity index is 1.75. The van der Waals surface area contributed by atoms with E-state index in [0.717, 1.165) is 27.7 Å². The van der Waals surface area contributed by atoms with E-state index in [1.165, 1.54) is 35.6 Å². The van der Waals surface area contributed by atoms with Gasteiger partial charge in [0.1, 0.15) is 0 Å². The third kappa shape index (κ3) is 4.24. The van der Waals surface area contributed by atoms with E-state index in [4.69, 9.17) is 0 Å². The fraction of sp³-hybridized carbons (Fsp3) is 0.136. The van der Waals surface area contributed by atoms with Gasteiger partial charge in [0.05, 0.1) is 27.4 Å². The fourth-order valence-corrected chi connectivity index (χ4v) is 4.71. The Kier molecular flexibility index (Phi) is 5.36. The molecule has 6 nitrogen and oxygen atoms in total. The minimum absolute atomic E-state index is 0.172. The molecule has 2 heterocycles. The number of hydrogen-bond acceptors (Lipinski definition) is 6. The Hall–Kier alpha value is -3.10. The minimum Gasteiger partial charge on any atom is -0.278 e. The predicted molar refractivity (Wildman–Crippen MR) is 119 cm³/mol. The summed E-state index contributed by atoms with van der Waals surface area (Å²) in [6, 6.07) is 17.5. The van der Waals surface area contributed by atoms with Gasteiger partial charge in [0.25, 0.3) is 5.91 Å². The number of thiazole rings is 1. The van der Waals surface area contributed by atoms with Gasteiger partial charge in [-0.15, -0.1) is 0 Å². The van der Waals surface area contributed by atoms with Gasteiger partial charge in [-0.05, 0) is 61.0 Å². The molecule has 4 aromatic rings. The lowest BCUT2D eigenvalue weighted by Gasteiger charge is -2.19. The number of benzene rings is 2. The number of hydrogen-bond donors (Lipinski definition) is 0. The highest BCUT2D eigenvalue weighted by Gasteiger charge is 2.22. The van der Waals surface area contributed by atoms with Crippen LogP contribution in [-0.2, 0) is 16.4 Å². The van der Waals surface area contributed by atoms with E-state index in [1.807, 2.05) is 43.3 Å². The van der Waals surface area contributed by atoms with Gasteiger partial charge in [-0.1, -0.05) is 23.5 Å². The molecule has 0 N–H and O–H groups in total. The van der Waals surface area contributed by atoms with E-state index in [-0.39, 0.29) is 17.3 Å². The summed E-state index contributed by atoms with van der Waals surface area (Å²) in [6.45, 7) is 2.27. The number of anilines is 1. The summed E-state index contributed by atoms with van der Waals surface area (Å²) in [4.78, 5) is 24.1. The topological polar surface area (TPSA) is 80.2 Å². The molecule has 0 aliphatic carbocycles. The molecule has 0 saturated heterocycles. The zero-order chi connectivity index (χ0) is 21.3. The van der Waals surface area contributed by atoms with Crippen LogP contribution < -0.4 is 4.90 Å². The molecule has 0 spiro atoms. The summed E-state index contributed by atoms with van der Waals surface area (Å²) in [6.07, 6.45) is 2.82. The molecule has 8 heteroatoms. The summed E-state index contributed by atoms with van der Waals surface area (Å²) >= 11 is 1.44. The number of carbonyl (C=O) groups excluding carboxylic acids is 1. The molecule has 30 heavy (non-hydrogen) atoms. The normalized spacial score (nSPS) is 11.5. The molecular weight excluding hydrogens is 418 g/mol. The highest BCUT2D eigenvalue weighted by molar-refractivity contribution is 7.90. The van der Waals surface area contributed by atoms with E-state index in [1.54, 1.807) is 11.1 Å². The molecule has 0 fully saturated rings. The number of sulfone groups is 1. The van der Waals surface area contributed by atoms with E-state index in [9.17, 15) is 13.2 Å². The third-order valence-corrected chi connectivity index (χ3v) is 6.75. The molecular formula is C22H19N3O3S2. The van der Waals surface area contributed by atoms with Crippen LogP contribution in [0.1, 0.15) is 21.6 Å². The van der Waals surface area contributed by atoms with Crippen LogP contribution in [0.2, 0.25) is 0 Å². The van der Waals surface area contributed by atoms with Crippen molar-refractivity contribution in [3.8, 4) is 0 Å². The van der Waals surface area contributed by atoms with Crippen molar-refractivity contribution in [2.24, 2.45) is 0 Å². The first-order chi connectivity index (χ1) is 14.3. The first-order valence-electron chi connectivity index (χ1n) is 9.20. The van der Waals surface area contributed by atoms with Crippen LogP contribution in [0.3, 0.4) is 0 Å². The lowest BCUT2D eigenvalue weighted by Crippen LogP contribution is -2.30. The minimum atomic E-state index is -3.33. The van der Waals surface area contributed by atoms with Crippen molar-refractivity contribution in [1.82, 2.24) is 9.97 Å². The van der Waals surface area contributed by atoms with Crippen molar-refractivity contribution in [1.29, 1.82) is 0 Å². The van der Waals surface area contributed by atoms with E-state index in [0.29, 0.717) is 10.7 Å². The van der Waals surface area contributed by atoms with Crippen LogP contribution in [0.15, 0.2) is 71.8 Å². The Bertz CT molecular complexity index is 1320. The second kappa shape index (κ2) is 7.97. The first-order valence-corrected chi connectivity index (χ1v) is 11.9. The van der Waals surface area contributed by atoms with Crippen molar-refractivity contribution < 1.29 is 13.2 Å². The molecule has 0 unspecified atom stereocenters. The highest BCUT2D eigenvalue weighted by atomic mass is 32.2. The van der Waals surface area contributed by atoms with Gasteiger partial charge in [0.15, 0.2) is 15.0 Å². The number of fused-ring (bicyclic) bond motifs is 1. The average Bonchev–Trinajstić information content (AvgIpc) is 3.14. The quantitative estimate of drug-likeness (QED) is 0.466. The van der Waals surface area contributed by atoms with Crippen molar-refractivity contribution in [2.75, 3.05) is 11.2 Å². The smallest absolute Gasteiger partial charge is 0.260 e. The summed E-state index contributed by atoms with van der Waals surface area (Å²) in [5.74, 6) is -0.267. The number of aryl methyl sites for hydroxylation is 1. The van der Waals surface area contributed by atoms with Gasteiger partial charge in [0.2, 0.25) is 0 Å². The van der Waals surface area contributed by atoms with Crippen molar-refractivity contribution >= 4 is 42.4 Å². The Labute approximate surface area is 178 Å². The van der Waals surface area contributed by atoms with Crippen LogP contribution in [0.25, 0.3) is 10.2 Å². The Morgan fingerprint density at radius 1 is 1.07 bits per heavy atom. The zero-order valence-electron chi connectivity index (χ0n) is 16.4. The SMILES string of the molecule is Cc1ccc2nc(N(Cc3ccccn3)C(=O)c3ccc(S(C)(=O)=O)cc3)sc2c1. The van der Waals surface area contributed by atoms with E-state index in [2.05, 4.69) is 9.97 Å². The molecule has 1 amide bonds. The zero-order valence-corrected chi connectivity index (χ0v) is 18.1. The van der Waals surface area contributed by atoms with Crippen LogP contribution in [-0.4, -0.2) is 30.5 Å². The highest BCUT2D eigenvalue weighted by Crippen LogP contribution is 2.31. The maximum Gasteiger partial charge on any atom is 0.260 e. The predicted octanol–water partition coefficient (Wildman–Crippen LogP) is 4.25. The molecule has 152 valence electrons. The van der Waals surface area contributed by atoms with Crippen molar-refractivity contribution in [3.63, 3.8) is 0 Å². The summed E-state index contributed by atoms with van der Waals surface area (Å²) < 4.78 is 24.4. The van der Waals surface area contributed by atoms with Gasteiger partial charge >= 0.3 is 0 Å². The lowest BCUT2D eigenvalue weighted by atomic mass is 10.2. The number of aromatic nitrogens is 2. The average molecular weight is 438 g/mol. The number of pyridine rings is 1. The largest absolute Gasteiger partial charge is 0.278 e. The lowest BCUT2D eigenvalue weighted by molar-refractivity contribution is 0.0984. The second-order valence-corrected chi connectivity index (χ2v) is 10.0. The van der Waals surface area contributed by atoms with Gasteiger partial charge < -0.3 is 0 Å². The van der Waals surface area contributed by atoms with Crippen LogP contribution >= 0.6 is 11.3 Å². The summed E-state index contributed by atoms with van der Waals surface area (Å²) in [5.41, 5.74) is 3.06. The van der Waals surface area contributed by atoms with Crippen molar-refractivity contribution in [2.45, 2.75) is 18.4 Å². The molecule has 0 radical (unpaired) electrons. The second-order valence-electron chi connectivity index (χ2n) is 6.98. The van der Waals surface area contributed by atoms with Crippen molar-refractivity contribution in [3.05, 3.63) is 83.7 Å². The summed E-state index contributed by atoms with van der Waals surface area (Å²) in [5, 5.41) is 0.568. The molecule has 0 aliphatic rings. The first kappa shape index (κ1) is 20.2. The van der Waals surface area contributed by atoms with Crippen LogP contribution in [0.5, 0.6) is 0 Å². The maximum atomic E-state index is 13.4.